The number of aromatic nitrogens is 4. The van der Waals surface area contributed by atoms with E-state index in [9.17, 15) is 13.2 Å². The summed E-state index contributed by atoms with van der Waals surface area (Å²) in [4.78, 5) is 10.4. The molecule has 0 saturated heterocycles. The van der Waals surface area contributed by atoms with Gasteiger partial charge in [-0.15, -0.1) is 0 Å². The van der Waals surface area contributed by atoms with E-state index >= 15 is 0 Å². The lowest BCUT2D eigenvalue weighted by molar-refractivity contribution is -0.137. The average molecular weight is 551 g/mol. The van der Waals surface area contributed by atoms with Crippen molar-refractivity contribution < 1.29 is 13.2 Å². The fourth-order valence-electron chi connectivity index (χ4n) is 3.09. The lowest BCUT2D eigenvalue weighted by atomic mass is 10.1. The number of benzene rings is 1. The molecule has 2 aromatic heterocycles. The average Bonchev–Trinajstić information content (AvgIpc) is 3.56. The number of halogens is 4. The molecule has 178 valence electrons. The van der Waals surface area contributed by atoms with Crippen molar-refractivity contribution >= 4 is 50.2 Å². The summed E-state index contributed by atoms with van der Waals surface area (Å²) < 4.78 is 39.1. The molecule has 0 bridgehead atoms. The number of H-pyrrole nitrogens is 1. The van der Waals surface area contributed by atoms with Gasteiger partial charge in [-0.2, -0.15) is 23.3 Å². The van der Waals surface area contributed by atoms with Gasteiger partial charge in [0.25, 0.3) is 0 Å². The molecule has 1 aliphatic carbocycles. The molecule has 0 unspecified atom stereocenters. The summed E-state index contributed by atoms with van der Waals surface area (Å²) in [6.45, 7) is 6.32. The van der Waals surface area contributed by atoms with Crippen LogP contribution in [0.15, 0.2) is 58.6 Å². The minimum Gasteiger partial charge on any atom is -0.350 e. The van der Waals surface area contributed by atoms with E-state index in [1.165, 1.54) is 36.7 Å². The van der Waals surface area contributed by atoms with Gasteiger partial charge in [0.05, 0.1) is 10.0 Å². The van der Waals surface area contributed by atoms with Crippen LogP contribution in [0.4, 0.5) is 30.8 Å². The molecule has 0 amide bonds. The molecule has 1 aromatic carbocycles. The Hall–Kier alpha value is -2.79. The van der Waals surface area contributed by atoms with Crippen LogP contribution in [0.3, 0.4) is 0 Å². The van der Waals surface area contributed by atoms with E-state index in [-0.39, 0.29) is 0 Å². The predicted molar refractivity (Wildman–Crippen MR) is 134 cm³/mol. The third-order valence-corrected chi connectivity index (χ3v) is 6.84. The molecular weight excluding hydrogens is 529 g/mol. The Morgan fingerprint density at radius 3 is 2.68 bits per heavy atom. The summed E-state index contributed by atoms with van der Waals surface area (Å²) in [5.41, 5.74) is 1.07. The highest BCUT2D eigenvalue weighted by Gasteiger charge is 2.30. The minimum absolute atomic E-state index is 0.420. The van der Waals surface area contributed by atoms with Gasteiger partial charge in [0.2, 0.25) is 5.95 Å². The van der Waals surface area contributed by atoms with Crippen LogP contribution in [0.1, 0.15) is 42.5 Å². The molecule has 3 N–H and O–H groups in total. The van der Waals surface area contributed by atoms with E-state index in [0.29, 0.717) is 45.0 Å². The predicted octanol–water partition coefficient (Wildman–Crippen LogP) is 7.32. The van der Waals surface area contributed by atoms with Gasteiger partial charge >= 0.3 is 6.18 Å². The Labute approximate surface area is 207 Å². The second-order valence-corrected chi connectivity index (χ2v) is 9.78. The standard InChI is InChI=1S/C23H22BrF3N6S/c1-3-17(34-13(2)14-6-8-16(9-7-14)23(25,26)27)11-28-22-29-12-18(24)21(31-22)30-20-10-19(32-33-20)15-4-5-15/h3,6-10,12,15H,2,4-5,11H2,1H3,(H3,28,29,30,31,32,33)/b17-3-. The highest BCUT2D eigenvalue weighted by molar-refractivity contribution is 9.10. The van der Waals surface area contributed by atoms with Gasteiger partial charge in [0.1, 0.15) is 0 Å². The largest absolute Gasteiger partial charge is 0.416 e. The zero-order valence-corrected chi connectivity index (χ0v) is 20.6. The monoisotopic (exact) mass is 550 g/mol. The molecule has 0 atom stereocenters. The van der Waals surface area contributed by atoms with Crippen molar-refractivity contribution in [2.24, 2.45) is 0 Å². The van der Waals surface area contributed by atoms with Crippen LogP contribution >= 0.6 is 27.7 Å². The molecule has 2 heterocycles. The second kappa shape index (κ2) is 10.2. The van der Waals surface area contributed by atoms with Crippen molar-refractivity contribution in [2.75, 3.05) is 17.2 Å². The van der Waals surface area contributed by atoms with Gasteiger partial charge in [-0.25, -0.2) is 4.98 Å². The molecule has 4 rings (SSSR count). The Morgan fingerprint density at radius 1 is 1.29 bits per heavy atom. The Balaban J connectivity index is 1.35. The second-order valence-electron chi connectivity index (χ2n) is 7.71. The first-order valence-electron chi connectivity index (χ1n) is 10.5. The molecule has 1 saturated carbocycles. The third kappa shape index (κ3) is 6.20. The van der Waals surface area contributed by atoms with Crippen LogP contribution in [0, 0.1) is 0 Å². The zero-order valence-electron chi connectivity index (χ0n) is 18.2. The number of alkyl halides is 3. The summed E-state index contributed by atoms with van der Waals surface area (Å²) in [6, 6.07) is 6.97. The van der Waals surface area contributed by atoms with Crippen molar-refractivity contribution in [3.63, 3.8) is 0 Å². The lowest BCUT2D eigenvalue weighted by Gasteiger charge is -2.13. The van der Waals surface area contributed by atoms with Crippen molar-refractivity contribution in [3.8, 4) is 0 Å². The van der Waals surface area contributed by atoms with Gasteiger partial charge in [0, 0.05) is 40.2 Å². The number of thioether (sulfide) groups is 1. The van der Waals surface area contributed by atoms with E-state index in [0.717, 1.165) is 22.7 Å². The minimum atomic E-state index is -4.36. The van der Waals surface area contributed by atoms with Crippen LogP contribution in [0.25, 0.3) is 4.91 Å². The van der Waals surface area contributed by atoms with Crippen molar-refractivity contribution in [2.45, 2.75) is 31.9 Å². The number of allylic oxidation sites excluding steroid dienone is 1. The first-order chi connectivity index (χ1) is 16.2. The first kappa shape index (κ1) is 24.3. The highest BCUT2D eigenvalue weighted by atomic mass is 79.9. The number of hydrogen-bond donors (Lipinski definition) is 3. The summed E-state index contributed by atoms with van der Waals surface area (Å²) in [5.74, 6) is 2.26. The maximum absolute atomic E-state index is 12.8. The SMILES string of the molecule is C=C(S/C(=C\C)CNc1ncc(Br)c(Nc2cc(C3CC3)[nH]n2)n1)c1ccc(C(F)(F)F)cc1. The first-order valence-corrected chi connectivity index (χ1v) is 12.1. The number of hydrogen-bond acceptors (Lipinski definition) is 6. The molecule has 6 nitrogen and oxygen atoms in total. The summed E-state index contributed by atoms with van der Waals surface area (Å²) in [5, 5.41) is 13.7. The van der Waals surface area contributed by atoms with E-state index in [4.69, 9.17) is 0 Å². The van der Waals surface area contributed by atoms with Gasteiger partial charge < -0.3 is 10.6 Å². The van der Waals surface area contributed by atoms with Crippen molar-refractivity contribution in [3.05, 3.63) is 75.4 Å². The molecule has 0 spiro atoms. The van der Waals surface area contributed by atoms with Crippen LogP contribution in [-0.4, -0.2) is 26.7 Å². The summed E-state index contributed by atoms with van der Waals surface area (Å²) in [7, 11) is 0. The fourth-order valence-corrected chi connectivity index (χ4v) is 4.21. The molecule has 3 aromatic rings. The third-order valence-electron chi connectivity index (χ3n) is 5.14. The molecular formula is C23H22BrF3N6S. The Kier molecular flexibility index (Phi) is 7.32. The fraction of sp³-hybridized carbons (Fsp3) is 0.261. The molecule has 0 radical (unpaired) electrons. The van der Waals surface area contributed by atoms with Gasteiger partial charge in [0.15, 0.2) is 11.6 Å². The molecule has 1 aliphatic rings. The van der Waals surface area contributed by atoms with E-state index in [1.807, 2.05) is 19.1 Å². The number of anilines is 3. The highest BCUT2D eigenvalue weighted by Crippen LogP contribution is 2.40. The molecule has 1 fully saturated rings. The number of nitrogens with one attached hydrogen (secondary N) is 3. The maximum atomic E-state index is 12.8. The molecule has 0 aliphatic heterocycles. The lowest BCUT2D eigenvalue weighted by Crippen LogP contribution is -2.08. The van der Waals surface area contributed by atoms with Crippen molar-refractivity contribution in [1.82, 2.24) is 20.2 Å². The van der Waals surface area contributed by atoms with Crippen molar-refractivity contribution in [1.29, 1.82) is 0 Å². The topological polar surface area (TPSA) is 78.5 Å². The van der Waals surface area contributed by atoms with Crippen LogP contribution in [0.2, 0.25) is 0 Å². The maximum Gasteiger partial charge on any atom is 0.416 e. The normalized spacial score (nSPS) is 14.2. The van der Waals surface area contributed by atoms with Gasteiger partial charge in [-0.05, 0) is 53.4 Å². The van der Waals surface area contributed by atoms with Crippen LogP contribution in [-0.2, 0) is 6.18 Å². The zero-order chi connectivity index (χ0) is 24.3. The summed E-state index contributed by atoms with van der Waals surface area (Å²) >= 11 is 4.83. The quantitative estimate of drug-likeness (QED) is 0.259. The van der Waals surface area contributed by atoms with E-state index < -0.39 is 11.7 Å². The number of rotatable bonds is 9. The van der Waals surface area contributed by atoms with Gasteiger partial charge in [-0.1, -0.05) is 36.5 Å². The molecule has 11 heteroatoms. The van der Waals surface area contributed by atoms with Gasteiger partial charge in [-0.3, -0.25) is 5.10 Å². The van der Waals surface area contributed by atoms with E-state index in [2.05, 4.69) is 53.3 Å². The summed E-state index contributed by atoms with van der Waals surface area (Å²) in [6.07, 6.45) is 1.57. The Morgan fingerprint density at radius 2 is 2.03 bits per heavy atom. The van der Waals surface area contributed by atoms with E-state index in [1.54, 1.807) is 6.20 Å². The number of nitrogens with zero attached hydrogens (tertiary/aromatic N) is 3. The smallest absolute Gasteiger partial charge is 0.350 e. The van der Waals surface area contributed by atoms with Crippen LogP contribution < -0.4 is 10.6 Å². The number of aromatic amines is 1. The van der Waals surface area contributed by atoms with Crippen LogP contribution in [0.5, 0.6) is 0 Å². The Bertz CT molecular complexity index is 1200. The molecule has 34 heavy (non-hydrogen) atoms.